The van der Waals surface area contributed by atoms with Crippen LogP contribution in [-0.2, 0) is 14.4 Å². The van der Waals surface area contributed by atoms with Crippen LogP contribution in [0.1, 0.15) is 77.4 Å². The molecule has 1 aliphatic heterocycles. The number of hydrogen-bond donors (Lipinski definition) is 3. The van der Waals surface area contributed by atoms with E-state index in [1.807, 2.05) is 48.5 Å². The zero-order valence-corrected chi connectivity index (χ0v) is 24.7. The number of carbonyl (C=O) groups excluding carboxylic acids is 4. The fourth-order valence-electron chi connectivity index (χ4n) is 4.35. The number of carbonyl (C=O) groups is 4. The summed E-state index contributed by atoms with van der Waals surface area (Å²) in [5.41, 5.74) is 0.257. The molecule has 1 fully saturated rings. The number of β-amino-alcohol motifs (C(OH)–C–C–N with tert-alkyl or cyclic N) is 1. The number of amides is 4. The summed E-state index contributed by atoms with van der Waals surface area (Å²) in [5.74, 6) is -1.43. The number of aliphatic hydroxyl groups is 1. The number of pyridine rings is 1. The van der Waals surface area contributed by atoms with Gasteiger partial charge in [0.2, 0.25) is 11.8 Å². The minimum absolute atomic E-state index is 0.0112. The summed E-state index contributed by atoms with van der Waals surface area (Å²) >= 11 is 0. The zero-order chi connectivity index (χ0) is 29.7. The second kappa shape index (κ2) is 13.2. The molecule has 0 saturated carbocycles. The molecular formula is C28H45N5O6. The average Bonchev–Trinajstić information content (AvgIpc) is 3.21. The topological polar surface area (TPSA) is 141 Å². The van der Waals surface area contributed by atoms with Crippen molar-refractivity contribution in [2.24, 2.45) is 5.92 Å². The number of likely N-dealkylation sites (tertiary alicyclic amines) is 1. The van der Waals surface area contributed by atoms with Gasteiger partial charge < -0.3 is 30.3 Å². The Kier molecular flexibility index (Phi) is 10.9. The first-order chi connectivity index (χ1) is 18.0. The fourth-order valence-corrected chi connectivity index (χ4v) is 4.35. The lowest BCUT2D eigenvalue weighted by Crippen LogP contribution is -2.54. The highest BCUT2D eigenvalue weighted by Gasteiger charge is 2.43. The zero-order valence-electron chi connectivity index (χ0n) is 24.7. The van der Waals surface area contributed by atoms with Gasteiger partial charge in [0.05, 0.1) is 17.9 Å². The van der Waals surface area contributed by atoms with E-state index >= 15 is 0 Å². The molecule has 1 aromatic rings. The molecule has 11 nitrogen and oxygen atoms in total. The van der Waals surface area contributed by atoms with Crippen molar-refractivity contribution in [2.45, 2.75) is 98.0 Å². The normalized spacial score (nSPS) is 18.2. The molecule has 11 heteroatoms. The van der Waals surface area contributed by atoms with Gasteiger partial charge in [0.15, 0.2) is 12.4 Å². The number of nitrogens with one attached hydrogen (secondary N) is 2. The molecule has 39 heavy (non-hydrogen) atoms. The third kappa shape index (κ3) is 9.19. The molecule has 1 saturated heterocycles. The molecule has 3 atom stereocenters. The van der Waals surface area contributed by atoms with Gasteiger partial charge in [0.25, 0.3) is 11.8 Å². The maximum absolute atomic E-state index is 13.7. The number of ether oxygens (including phenoxy) is 1. The first kappa shape index (κ1) is 32.0. The van der Waals surface area contributed by atoms with Crippen molar-refractivity contribution in [3.05, 3.63) is 23.5 Å². The third-order valence-electron chi connectivity index (χ3n) is 6.40. The molecule has 2 rings (SSSR count). The molecule has 0 radical (unpaired) electrons. The summed E-state index contributed by atoms with van der Waals surface area (Å²) in [6, 6.07) is -0.285. The van der Waals surface area contributed by atoms with Crippen molar-refractivity contribution in [3.8, 4) is 5.75 Å². The van der Waals surface area contributed by atoms with E-state index in [2.05, 4.69) is 15.6 Å². The highest BCUT2D eigenvalue weighted by molar-refractivity contribution is 6.00. The smallest absolute Gasteiger partial charge is 0.258 e. The molecular weight excluding hydrogens is 502 g/mol. The van der Waals surface area contributed by atoms with Crippen LogP contribution in [0, 0.1) is 12.8 Å². The second-order valence-corrected chi connectivity index (χ2v) is 12.0. The summed E-state index contributed by atoms with van der Waals surface area (Å²) in [5, 5.41) is 16.0. The van der Waals surface area contributed by atoms with Crippen molar-refractivity contribution in [1.29, 1.82) is 0 Å². The summed E-state index contributed by atoms with van der Waals surface area (Å²) < 4.78 is 5.64. The lowest BCUT2D eigenvalue weighted by Gasteiger charge is -2.32. The Balaban J connectivity index is 2.28. The Morgan fingerprint density at radius 3 is 2.41 bits per heavy atom. The first-order valence-electron chi connectivity index (χ1n) is 13.5. The molecule has 4 amide bonds. The van der Waals surface area contributed by atoms with Crippen LogP contribution < -0.4 is 15.4 Å². The van der Waals surface area contributed by atoms with Gasteiger partial charge in [-0.1, -0.05) is 13.8 Å². The maximum Gasteiger partial charge on any atom is 0.258 e. The van der Waals surface area contributed by atoms with Crippen molar-refractivity contribution in [1.82, 2.24) is 25.4 Å². The van der Waals surface area contributed by atoms with Crippen LogP contribution in [0.2, 0.25) is 0 Å². The number of aliphatic hydroxyl groups excluding tert-OH is 1. The Labute approximate surface area is 231 Å². The Morgan fingerprint density at radius 1 is 1.21 bits per heavy atom. The van der Waals surface area contributed by atoms with E-state index in [1.165, 1.54) is 17.2 Å². The lowest BCUT2D eigenvalue weighted by molar-refractivity contribution is -0.145. The van der Waals surface area contributed by atoms with Crippen LogP contribution in [0.5, 0.6) is 5.75 Å². The van der Waals surface area contributed by atoms with E-state index in [0.717, 1.165) is 0 Å². The van der Waals surface area contributed by atoms with E-state index < -0.39 is 35.5 Å². The van der Waals surface area contributed by atoms with Gasteiger partial charge in [0.1, 0.15) is 12.1 Å². The minimum atomic E-state index is -0.937. The van der Waals surface area contributed by atoms with Crippen molar-refractivity contribution in [2.75, 3.05) is 20.2 Å². The average molecular weight is 548 g/mol. The number of nitrogens with zero attached hydrogens (tertiary/aromatic N) is 3. The molecule has 0 aliphatic carbocycles. The van der Waals surface area contributed by atoms with Gasteiger partial charge in [-0.2, -0.15) is 0 Å². The van der Waals surface area contributed by atoms with Crippen LogP contribution in [0.3, 0.4) is 0 Å². The number of aromatic nitrogens is 1. The molecule has 2 heterocycles. The fraction of sp³-hybridized carbons (Fsp3) is 0.679. The van der Waals surface area contributed by atoms with Gasteiger partial charge in [-0.15, -0.1) is 0 Å². The molecule has 0 bridgehead atoms. The summed E-state index contributed by atoms with van der Waals surface area (Å²) in [7, 11) is 1.67. The highest BCUT2D eigenvalue weighted by Crippen LogP contribution is 2.24. The van der Waals surface area contributed by atoms with E-state index in [1.54, 1.807) is 18.9 Å². The first-order valence-corrected chi connectivity index (χ1v) is 13.5. The predicted octanol–water partition coefficient (Wildman–Crippen LogP) is 1.66. The van der Waals surface area contributed by atoms with Gasteiger partial charge in [-0.3, -0.25) is 24.2 Å². The molecule has 218 valence electrons. The highest BCUT2D eigenvalue weighted by atomic mass is 16.5. The Hall–Kier alpha value is -3.21. The Morgan fingerprint density at radius 2 is 1.85 bits per heavy atom. The van der Waals surface area contributed by atoms with Crippen molar-refractivity contribution >= 4 is 23.6 Å². The van der Waals surface area contributed by atoms with Gasteiger partial charge >= 0.3 is 0 Å². The molecule has 0 aromatic carbocycles. The quantitative estimate of drug-likeness (QED) is 0.405. The molecule has 1 aromatic heterocycles. The van der Waals surface area contributed by atoms with Gasteiger partial charge in [0, 0.05) is 37.3 Å². The maximum atomic E-state index is 13.7. The molecule has 0 spiro atoms. The minimum Gasteiger partial charge on any atom is -0.481 e. The number of likely N-dealkylation sites (N-methyl/N-ethyl adjacent to an activating group) is 1. The van der Waals surface area contributed by atoms with Crippen LogP contribution >= 0.6 is 0 Å². The van der Waals surface area contributed by atoms with E-state index in [4.69, 9.17) is 4.74 Å². The number of rotatable bonds is 10. The van der Waals surface area contributed by atoms with Gasteiger partial charge in [-0.25, -0.2) is 0 Å². The summed E-state index contributed by atoms with van der Waals surface area (Å²) in [6.07, 6.45) is 1.01. The summed E-state index contributed by atoms with van der Waals surface area (Å²) in [4.78, 5) is 59.7. The van der Waals surface area contributed by atoms with Crippen LogP contribution in [0.15, 0.2) is 12.3 Å². The van der Waals surface area contributed by atoms with Crippen LogP contribution in [0.4, 0.5) is 0 Å². The number of hydrogen-bond acceptors (Lipinski definition) is 7. The van der Waals surface area contributed by atoms with Crippen LogP contribution in [-0.4, -0.2) is 93.5 Å². The predicted molar refractivity (Wildman–Crippen MR) is 147 cm³/mol. The number of aryl methyl sites for hydroxylation is 1. The molecule has 1 aliphatic rings. The van der Waals surface area contributed by atoms with Crippen LogP contribution in [0.25, 0.3) is 0 Å². The molecule has 0 unspecified atom stereocenters. The largest absolute Gasteiger partial charge is 0.481 e. The van der Waals surface area contributed by atoms with E-state index in [-0.39, 0.29) is 54.7 Å². The summed E-state index contributed by atoms with van der Waals surface area (Å²) in [6.45, 7) is 14.6. The second-order valence-electron chi connectivity index (χ2n) is 12.0. The molecule has 3 N–H and O–H groups in total. The SMILES string of the molecule is Cc1cc(C(=O)N[C@H](CC(C)C)C(=O)N2C[C@@H](O)C[C@@H]2C(=O)N(C)C(C)C)c(OCC(=O)NC(C)(C)C)cn1. The lowest BCUT2D eigenvalue weighted by atomic mass is 10.0. The monoisotopic (exact) mass is 547 g/mol. The van der Waals surface area contributed by atoms with Gasteiger partial charge in [-0.05, 0) is 59.9 Å². The van der Waals surface area contributed by atoms with Crippen molar-refractivity contribution in [3.63, 3.8) is 0 Å². The Bertz CT molecular complexity index is 1050. The van der Waals surface area contributed by atoms with E-state index in [0.29, 0.717) is 12.1 Å². The third-order valence-corrected chi connectivity index (χ3v) is 6.40. The standard InChI is InChI=1S/C28H45N5O6/c1-16(2)10-21(26(37)33-14-19(34)12-22(33)27(38)32(9)17(3)4)30-25(36)20-11-18(5)29-13-23(20)39-15-24(35)31-28(6,7)8/h11,13,16-17,19,21-22,34H,10,12,14-15H2,1-9H3,(H,30,36)(H,31,35)/t19-,21+,22+/m0/s1. The van der Waals surface area contributed by atoms with E-state index in [9.17, 15) is 24.3 Å². The van der Waals surface area contributed by atoms with Crippen molar-refractivity contribution < 1.29 is 29.0 Å².